The van der Waals surface area contributed by atoms with Crippen LogP contribution in [0.4, 0.5) is 4.39 Å². The number of likely N-dealkylation sites (tertiary alicyclic amines) is 1. The smallest absolute Gasteiger partial charge is 0.292 e. The summed E-state index contributed by atoms with van der Waals surface area (Å²) in [6.07, 6.45) is 1.95. The second-order valence-corrected chi connectivity index (χ2v) is 7.98. The minimum atomic E-state index is -1.07. The van der Waals surface area contributed by atoms with Gasteiger partial charge in [-0.2, -0.15) is 0 Å². The predicted octanol–water partition coefficient (Wildman–Crippen LogP) is 1.65. The molecule has 0 aliphatic carbocycles. The molecule has 1 aromatic carbocycles. The van der Waals surface area contributed by atoms with Crippen molar-refractivity contribution in [2.75, 3.05) is 40.0 Å². The Kier molecular flexibility index (Phi) is 6.75. The molecule has 1 spiro atoms. The molecule has 176 valence electrons. The van der Waals surface area contributed by atoms with Crippen molar-refractivity contribution in [2.24, 2.45) is 0 Å². The number of benzene rings is 1. The van der Waals surface area contributed by atoms with E-state index in [4.69, 9.17) is 13.9 Å². The number of hydrogen-bond donors (Lipinski definition) is 1. The minimum absolute atomic E-state index is 0.000272. The zero-order chi connectivity index (χ0) is 23.4. The number of ether oxygens (including phenoxy) is 2. The summed E-state index contributed by atoms with van der Waals surface area (Å²) in [6.45, 7) is 1.14. The van der Waals surface area contributed by atoms with Crippen LogP contribution in [0.2, 0.25) is 0 Å². The molecular formula is C23H26FN3O6. The van der Waals surface area contributed by atoms with Crippen molar-refractivity contribution in [1.29, 1.82) is 0 Å². The number of nitrogens with zero attached hydrogens (tertiary/aromatic N) is 2. The Morgan fingerprint density at radius 3 is 2.58 bits per heavy atom. The topological polar surface area (TPSA) is 101 Å². The molecule has 33 heavy (non-hydrogen) atoms. The van der Waals surface area contributed by atoms with Gasteiger partial charge in [-0.15, -0.1) is 0 Å². The number of halogens is 1. The maximum Gasteiger partial charge on any atom is 0.292 e. The molecule has 2 aliphatic rings. The number of methoxy groups -OCH3 is 1. The predicted molar refractivity (Wildman–Crippen MR) is 114 cm³/mol. The zero-order valence-electron chi connectivity index (χ0n) is 18.3. The Bertz CT molecular complexity index is 1000. The van der Waals surface area contributed by atoms with Gasteiger partial charge in [0.1, 0.15) is 17.6 Å². The molecule has 0 saturated carbocycles. The van der Waals surface area contributed by atoms with Gasteiger partial charge >= 0.3 is 0 Å². The van der Waals surface area contributed by atoms with Gasteiger partial charge in [0, 0.05) is 39.6 Å². The lowest BCUT2D eigenvalue weighted by atomic mass is 9.96. The number of carbonyl (C=O) groups excluding carboxylic acids is 3. The first-order chi connectivity index (χ1) is 16.0. The summed E-state index contributed by atoms with van der Waals surface area (Å²) in [6, 6.07) is 8.10. The second kappa shape index (κ2) is 9.72. The summed E-state index contributed by atoms with van der Waals surface area (Å²) in [5, 5.41) is 2.76. The van der Waals surface area contributed by atoms with Crippen LogP contribution in [0.1, 0.15) is 33.8 Å². The van der Waals surface area contributed by atoms with E-state index in [9.17, 15) is 18.8 Å². The fourth-order valence-corrected chi connectivity index (χ4v) is 4.34. The van der Waals surface area contributed by atoms with Crippen LogP contribution in [0.25, 0.3) is 0 Å². The van der Waals surface area contributed by atoms with Crippen molar-refractivity contribution in [2.45, 2.75) is 24.6 Å². The lowest BCUT2D eigenvalue weighted by Crippen LogP contribution is -2.60. The van der Waals surface area contributed by atoms with Crippen molar-refractivity contribution >= 4 is 17.7 Å². The second-order valence-electron chi connectivity index (χ2n) is 7.98. The quantitative estimate of drug-likeness (QED) is 0.660. The molecule has 1 atom stereocenters. The number of rotatable bonds is 6. The van der Waals surface area contributed by atoms with Crippen molar-refractivity contribution < 1.29 is 32.7 Å². The SMILES string of the molecule is COCCNC(=O)C1COC2(CCN(C(=O)c3ccccc3F)CC2)N1C(=O)c1ccco1. The number of nitrogens with one attached hydrogen (secondary N) is 1. The third-order valence-corrected chi connectivity index (χ3v) is 6.06. The molecule has 1 N–H and O–H groups in total. The Morgan fingerprint density at radius 1 is 1.15 bits per heavy atom. The van der Waals surface area contributed by atoms with Gasteiger partial charge in [-0.1, -0.05) is 12.1 Å². The minimum Gasteiger partial charge on any atom is -0.459 e. The number of furan rings is 1. The van der Waals surface area contributed by atoms with Crippen LogP contribution >= 0.6 is 0 Å². The number of hydrogen-bond acceptors (Lipinski definition) is 6. The zero-order valence-corrected chi connectivity index (χ0v) is 18.3. The first kappa shape index (κ1) is 22.9. The maximum absolute atomic E-state index is 14.1. The van der Waals surface area contributed by atoms with E-state index < -0.39 is 29.4 Å². The lowest BCUT2D eigenvalue weighted by Gasteiger charge is -2.44. The third-order valence-electron chi connectivity index (χ3n) is 6.06. The summed E-state index contributed by atoms with van der Waals surface area (Å²) in [5.41, 5.74) is -1.07. The van der Waals surface area contributed by atoms with E-state index in [1.807, 2.05) is 0 Å². The molecular weight excluding hydrogens is 433 g/mol. The van der Waals surface area contributed by atoms with Gasteiger partial charge in [-0.25, -0.2) is 4.39 Å². The Balaban J connectivity index is 1.53. The van der Waals surface area contributed by atoms with Crippen LogP contribution in [0.3, 0.4) is 0 Å². The van der Waals surface area contributed by atoms with E-state index >= 15 is 0 Å². The molecule has 3 amide bonds. The molecule has 0 radical (unpaired) electrons. The molecule has 10 heteroatoms. The summed E-state index contributed by atoms with van der Waals surface area (Å²) in [4.78, 5) is 42.0. The molecule has 4 rings (SSSR count). The van der Waals surface area contributed by atoms with Crippen LogP contribution < -0.4 is 5.32 Å². The van der Waals surface area contributed by atoms with Gasteiger partial charge in [-0.3, -0.25) is 19.3 Å². The molecule has 2 aliphatic heterocycles. The van der Waals surface area contributed by atoms with Crippen molar-refractivity contribution in [3.05, 3.63) is 59.8 Å². The highest BCUT2D eigenvalue weighted by Gasteiger charge is 2.54. The van der Waals surface area contributed by atoms with Crippen LogP contribution in [-0.2, 0) is 14.3 Å². The van der Waals surface area contributed by atoms with Crippen molar-refractivity contribution in [1.82, 2.24) is 15.1 Å². The maximum atomic E-state index is 14.1. The van der Waals surface area contributed by atoms with Crippen LogP contribution in [0.15, 0.2) is 47.1 Å². The van der Waals surface area contributed by atoms with E-state index in [2.05, 4.69) is 5.32 Å². The fraction of sp³-hybridized carbons (Fsp3) is 0.435. The van der Waals surface area contributed by atoms with E-state index in [0.717, 1.165) is 0 Å². The monoisotopic (exact) mass is 459 g/mol. The molecule has 1 aromatic heterocycles. The largest absolute Gasteiger partial charge is 0.459 e. The van der Waals surface area contributed by atoms with E-state index in [1.54, 1.807) is 12.1 Å². The van der Waals surface area contributed by atoms with Crippen LogP contribution in [0, 0.1) is 5.82 Å². The average Bonchev–Trinajstić information content (AvgIpc) is 3.48. The number of carbonyl (C=O) groups is 3. The van der Waals surface area contributed by atoms with Crippen LogP contribution in [0.5, 0.6) is 0 Å². The average molecular weight is 459 g/mol. The summed E-state index contributed by atoms with van der Waals surface area (Å²) in [7, 11) is 1.53. The molecule has 2 aromatic rings. The molecule has 2 fully saturated rings. The van der Waals surface area contributed by atoms with Gasteiger partial charge in [0.05, 0.1) is 25.0 Å². The van der Waals surface area contributed by atoms with E-state index in [-0.39, 0.29) is 49.8 Å². The number of amides is 3. The summed E-state index contributed by atoms with van der Waals surface area (Å²) in [5.74, 6) is -1.72. The molecule has 3 heterocycles. The molecule has 9 nitrogen and oxygen atoms in total. The lowest BCUT2D eigenvalue weighted by molar-refractivity contribution is -0.128. The van der Waals surface area contributed by atoms with Gasteiger partial charge in [0.25, 0.3) is 11.8 Å². The van der Waals surface area contributed by atoms with Gasteiger partial charge in [-0.05, 0) is 24.3 Å². The highest BCUT2D eigenvalue weighted by atomic mass is 19.1. The molecule has 1 unspecified atom stereocenters. The first-order valence-electron chi connectivity index (χ1n) is 10.8. The molecule has 2 saturated heterocycles. The Labute approximate surface area is 190 Å². The van der Waals surface area contributed by atoms with Gasteiger partial charge < -0.3 is 24.1 Å². The summed E-state index contributed by atoms with van der Waals surface area (Å²) < 4.78 is 30.4. The van der Waals surface area contributed by atoms with Crippen molar-refractivity contribution in [3.8, 4) is 0 Å². The third kappa shape index (κ3) is 4.49. The van der Waals surface area contributed by atoms with Crippen LogP contribution in [-0.4, -0.2) is 79.2 Å². The van der Waals surface area contributed by atoms with E-state index in [0.29, 0.717) is 13.2 Å². The Hall–Kier alpha value is -3.24. The highest BCUT2D eigenvalue weighted by Crippen LogP contribution is 2.39. The van der Waals surface area contributed by atoms with Gasteiger partial charge in [0.15, 0.2) is 5.76 Å². The summed E-state index contributed by atoms with van der Waals surface area (Å²) >= 11 is 0. The Morgan fingerprint density at radius 2 is 1.91 bits per heavy atom. The fourth-order valence-electron chi connectivity index (χ4n) is 4.34. The van der Waals surface area contributed by atoms with E-state index in [1.165, 1.54) is 47.4 Å². The first-order valence-corrected chi connectivity index (χ1v) is 10.8. The standard InChI is InChI=1S/C23H26FN3O6/c1-31-14-10-25-20(28)18-15-33-23(27(18)22(30)19-7-4-13-32-19)8-11-26(12-9-23)21(29)16-5-2-3-6-17(16)24/h2-7,13,18H,8-12,14-15H2,1H3,(H,25,28). The highest BCUT2D eigenvalue weighted by molar-refractivity contribution is 5.97. The van der Waals surface area contributed by atoms with Gasteiger partial charge in [0.2, 0.25) is 5.91 Å². The molecule has 0 bridgehead atoms. The normalized spacial score (nSPS) is 19.6. The number of piperidine rings is 1. The van der Waals surface area contributed by atoms with Crippen molar-refractivity contribution in [3.63, 3.8) is 0 Å².